The van der Waals surface area contributed by atoms with Gasteiger partial charge in [-0.1, -0.05) is 57.9 Å². The second kappa shape index (κ2) is 5.19. The van der Waals surface area contributed by atoms with Crippen molar-refractivity contribution < 1.29 is 0 Å². The van der Waals surface area contributed by atoms with Gasteiger partial charge in [-0.2, -0.15) is 5.10 Å². The maximum atomic E-state index is 6.26. The number of rotatable bonds is 2. The van der Waals surface area contributed by atoms with Gasteiger partial charge in [-0.3, -0.25) is 0 Å². The largest absolute Gasteiger partial charge is 0.222 e. The van der Waals surface area contributed by atoms with Crippen LogP contribution in [0.15, 0.2) is 65.1 Å². The van der Waals surface area contributed by atoms with Crippen molar-refractivity contribution in [3.63, 3.8) is 0 Å². The van der Waals surface area contributed by atoms with Crippen LogP contribution in [0.1, 0.15) is 0 Å². The van der Waals surface area contributed by atoms with Crippen molar-refractivity contribution in [1.29, 1.82) is 0 Å². The van der Waals surface area contributed by atoms with Crippen molar-refractivity contribution in [2.75, 3.05) is 0 Å². The summed E-state index contributed by atoms with van der Waals surface area (Å²) >= 11 is 9.67. The van der Waals surface area contributed by atoms with Crippen LogP contribution in [0, 0.1) is 0 Å². The van der Waals surface area contributed by atoms with Crippen LogP contribution in [0.5, 0.6) is 0 Å². The molecule has 0 N–H and O–H groups in total. The van der Waals surface area contributed by atoms with Crippen LogP contribution >= 0.6 is 27.5 Å². The topological polar surface area (TPSA) is 17.8 Å². The van der Waals surface area contributed by atoms with Gasteiger partial charge in [-0.05, 0) is 24.3 Å². The van der Waals surface area contributed by atoms with E-state index in [2.05, 4.69) is 21.0 Å². The third kappa shape index (κ3) is 2.57. The molecule has 4 heteroatoms. The molecule has 2 nitrogen and oxygen atoms in total. The van der Waals surface area contributed by atoms with Crippen LogP contribution in [0.3, 0.4) is 0 Å². The van der Waals surface area contributed by atoms with Gasteiger partial charge < -0.3 is 0 Å². The summed E-state index contributed by atoms with van der Waals surface area (Å²) in [5, 5.41) is 5.15. The van der Waals surface area contributed by atoms with Crippen LogP contribution in [-0.4, -0.2) is 9.78 Å². The predicted octanol–water partition coefficient (Wildman–Crippen LogP) is 4.96. The van der Waals surface area contributed by atoms with Gasteiger partial charge >= 0.3 is 0 Å². The van der Waals surface area contributed by atoms with E-state index in [-0.39, 0.29) is 0 Å². The van der Waals surface area contributed by atoms with Crippen LogP contribution in [-0.2, 0) is 0 Å². The molecule has 0 unspecified atom stereocenters. The van der Waals surface area contributed by atoms with E-state index in [1.54, 1.807) is 4.68 Å². The Hall–Kier alpha value is -1.58. The first kappa shape index (κ1) is 12.5. The molecule has 0 amide bonds. The lowest BCUT2D eigenvalue weighted by Gasteiger charge is -2.02. The fourth-order valence-corrected chi connectivity index (χ4v) is 2.37. The summed E-state index contributed by atoms with van der Waals surface area (Å²) in [4.78, 5) is 0. The highest BCUT2D eigenvalue weighted by atomic mass is 79.9. The zero-order valence-electron chi connectivity index (χ0n) is 9.92. The predicted molar refractivity (Wildman–Crippen MR) is 81.7 cm³/mol. The van der Waals surface area contributed by atoms with E-state index in [0.717, 1.165) is 21.4 Å². The zero-order valence-corrected chi connectivity index (χ0v) is 12.3. The molecule has 0 radical (unpaired) electrons. The Labute approximate surface area is 124 Å². The fourth-order valence-electron chi connectivity index (χ4n) is 1.87. The Kier molecular flexibility index (Phi) is 3.40. The second-order valence-electron chi connectivity index (χ2n) is 4.11. The minimum Gasteiger partial charge on any atom is -0.222 e. The van der Waals surface area contributed by atoms with Gasteiger partial charge in [-0.25, -0.2) is 4.68 Å². The van der Waals surface area contributed by atoms with E-state index in [0.29, 0.717) is 5.15 Å². The lowest BCUT2D eigenvalue weighted by Crippen LogP contribution is -1.96. The number of halogens is 2. The molecule has 0 saturated carbocycles. The van der Waals surface area contributed by atoms with Crippen LogP contribution in [0.2, 0.25) is 5.15 Å². The van der Waals surface area contributed by atoms with Gasteiger partial charge in [0.05, 0.1) is 11.4 Å². The summed E-state index contributed by atoms with van der Waals surface area (Å²) in [7, 11) is 0. The van der Waals surface area contributed by atoms with Crippen molar-refractivity contribution in [2.45, 2.75) is 0 Å². The molecule has 0 spiro atoms. The van der Waals surface area contributed by atoms with Crippen LogP contribution < -0.4 is 0 Å². The molecule has 0 saturated heterocycles. The summed E-state index contributed by atoms with van der Waals surface area (Å²) in [5.41, 5.74) is 2.86. The zero-order chi connectivity index (χ0) is 13.2. The Morgan fingerprint density at radius 3 is 2.32 bits per heavy atom. The SMILES string of the molecule is Clc1cc(-c2ccccc2)nn1-c1ccc(Br)cc1. The van der Waals surface area contributed by atoms with Gasteiger partial charge in [-0.15, -0.1) is 0 Å². The molecule has 0 bridgehead atoms. The first-order valence-corrected chi connectivity index (χ1v) is 6.98. The molecular formula is C15H10BrClN2. The van der Waals surface area contributed by atoms with Gasteiger partial charge in [0, 0.05) is 16.1 Å². The molecule has 0 aliphatic carbocycles. The summed E-state index contributed by atoms with van der Waals surface area (Å²) in [6.07, 6.45) is 0. The maximum Gasteiger partial charge on any atom is 0.133 e. The minimum absolute atomic E-state index is 0.598. The Morgan fingerprint density at radius 1 is 0.947 bits per heavy atom. The standard InChI is InChI=1S/C15H10BrClN2/c16-12-6-8-13(9-7-12)19-15(17)10-14(18-19)11-4-2-1-3-5-11/h1-10H. The second-order valence-corrected chi connectivity index (χ2v) is 5.41. The third-order valence-corrected chi connectivity index (χ3v) is 3.60. The summed E-state index contributed by atoms with van der Waals surface area (Å²) in [6.45, 7) is 0. The smallest absolute Gasteiger partial charge is 0.133 e. The quantitative estimate of drug-likeness (QED) is 0.648. The van der Waals surface area contributed by atoms with E-state index >= 15 is 0 Å². The summed E-state index contributed by atoms with van der Waals surface area (Å²) in [6, 6.07) is 19.7. The summed E-state index contributed by atoms with van der Waals surface area (Å²) < 4.78 is 2.76. The van der Waals surface area contributed by atoms with Crippen molar-refractivity contribution in [3.05, 3.63) is 70.3 Å². The van der Waals surface area contributed by atoms with E-state index in [9.17, 15) is 0 Å². The van der Waals surface area contributed by atoms with E-state index in [4.69, 9.17) is 11.6 Å². The minimum atomic E-state index is 0.598. The Morgan fingerprint density at radius 2 is 1.63 bits per heavy atom. The highest BCUT2D eigenvalue weighted by Gasteiger charge is 2.09. The first-order chi connectivity index (χ1) is 9.24. The number of aromatic nitrogens is 2. The van der Waals surface area contributed by atoms with Crippen LogP contribution in [0.25, 0.3) is 16.9 Å². The van der Waals surface area contributed by atoms with Gasteiger partial charge in [0.15, 0.2) is 0 Å². The molecule has 0 aliphatic heterocycles. The third-order valence-electron chi connectivity index (χ3n) is 2.81. The number of hydrogen-bond donors (Lipinski definition) is 0. The molecule has 19 heavy (non-hydrogen) atoms. The average Bonchev–Trinajstić information content (AvgIpc) is 2.83. The highest BCUT2D eigenvalue weighted by Crippen LogP contribution is 2.25. The van der Waals surface area contributed by atoms with Gasteiger partial charge in [0.2, 0.25) is 0 Å². The molecule has 1 heterocycles. The fraction of sp³-hybridized carbons (Fsp3) is 0. The van der Waals surface area contributed by atoms with E-state index in [1.165, 1.54) is 0 Å². The van der Waals surface area contributed by atoms with E-state index < -0.39 is 0 Å². The van der Waals surface area contributed by atoms with Gasteiger partial charge in [0.1, 0.15) is 5.15 Å². The molecule has 0 aliphatic rings. The number of hydrogen-bond acceptors (Lipinski definition) is 1. The molecular weight excluding hydrogens is 324 g/mol. The number of benzene rings is 2. The van der Waals surface area contributed by atoms with Crippen molar-refractivity contribution in [1.82, 2.24) is 9.78 Å². The molecule has 2 aromatic carbocycles. The van der Waals surface area contributed by atoms with Crippen LogP contribution in [0.4, 0.5) is 0 Å². The van der Waals surface area contributed by atoms with Crippen molar-refractivity contribution in [3.8, 4) is 16.9 Å². The maximum absolute atomic E-state index is 6.26. The molecule has 0 fully saturated rings. The summed E-state index contributed by atoms with van der Waals surface area (Å²) in [5.74, 6) is 0. The Bertz CT molecular complexity index is 690. The average molecular weight is 334 g/mol. The molecule has 0 atom stereocenters. The normalized spacial score (nSPS) is 10.6. The number of nitrogens with zero attached hydrogens (tertiary/aromatic N) is 2. The Balaban J connectivity index is 2.05. The van der Waals surface area contributed by atoms with Gasteiger partial charge in [0.25, 0.3) is 0 Å². The van der Waals surface area contributed by atoms with Crippen molar-refractivity contribution >= 4 is 27.5 Å². The first-order valence-electron chi connectivity index (χ1n) is 5.81. The molecule has 94 valence electrons. The lowest BCUT2D eigenvalue weighted by molar-refractivity contribution is 0.885. The molecule has 3 aromatic rings. The van der Waals surface area contributed by atoms with E-state index in [1.807, 2.05) is 60.7 Å². The monoisotopic (exact) mass is 332 g/mol. The molecule has 1 aromatic heterocycles. The molecule has 3 rings (SSSR count). The lowest BCUT2D eigenvalue weighted by atomic mass is 10.2. The highest BCUT2D eigenvalue weighted by molar-refractivity contribution is 9.10. The van der Waals surface area contributed by atoms with Crippen molar-refractivity contribution in [2.24, 2.45) is 0 Å².